The van der Waals surface area contributed by atoms with Gasteiger partial charge in [-0.2, -0.15) is 5.26 Å². The van der Waals surface area contributed by atoms with Crippen molar-refractivity contribution in [1.82, 2.24) is 4.98 Å². The molecule has 0 unspecified atom stereocenters. The third-order valence-corrected chi connectivity index (χ3v) is 6.37. The third kappa shape index (κ3) is 5.55. The van der Waals surface area contributed by atoms with Crippen LogP contribution in [0.25, 0.3) is 22.4 Å². The van der Waals surface area contributed by atoms with Crippen LogP contribution in [-0.2, 0) is 4.79 Å². The van der Waals surface area contributed by atoms with Crippen LogP contribution in [-0.4, -0.2) is 16.6 Å². The number of carbonyl (C=O) groups excluding carboxylic acids is 1. The third-order valence-electron chi connectivity index (χ3n) is 4.81. The first-order chi connectivity index (χ1) is 16.0. The Kier molecular flexibility index (Phi) is 7.31. The Labute approximate surface area is 206 Å². The van der Waals surface area contributed by atoms with Crippen LogP contribution < -0.4 is 5.32 Å². The highest BCUT2D eigenvalue weighted by atomic mass is 35.5. The molecule has 33 heavy (non-hydrogen) atoms. The molecule has 162 valence electrons. The van der Waals surface area contributed by atoms with Gasteiger partial charge in [0.05, 0.1) is 27.7 Å². The van der Waals surface area contributed by atoms with Gasteiger partial charge in [0, 0.05) is 16.1 Å². The highest BCUT2D eigenvalue weighted by molar-refractivity contribution is 8.00. The summed E-state index contributed by atoms with van der Waals surface area (Å²) >= 11 is 13.4. The van der Waals surface area contributed by atoms with Crippen molar-refractivity contribution in [2.24, 2.45) is 0 Å². The Morgan fingerprint density at radius 2 is 1.64 bits per heavy atom. The number of nitriles is 1. The maximum atomic E-state index is 12.6. The van der Waals surface area contributed by atoms with E-state index in [-0.39, 0.29) is 11.7 Å². The summed E-state index contributed by atoms with van der Waals surface area (Å²) in [6.45, 7) is 0. The first-order valence-corrected chi connectivity index (χ1v) is 11.7. The minimum atomic E-state index is -0.239. The van der Waals surface area contributed by atoms with Crippen LogP contribution in [0.4, 0.5) is 5.69 Å². The molecule has 0 radical (unpaired) electrons. The average Bonchev–Trinajstić information content (AvgIpc) is 2.84. The number of hydrogen-bond donors (Lipinski definition) is 1. The molecule has 1 N–H and O–H groups in total. The number of amides is 1. The number of para-hydroxylation sites is 1. The number of nitrogens with zero attached hydrogens (tertiary/aromatic N) is 2. The molecule has 4 rings (SSSR count). The first kappa shape index (κ1) is 22.9. The number of aromatic nitrogens is 1. The summed E-state index contributed by atoms with van der Waals surface area (Å²) in [5.74, 6) is -0.164. The van der Waals surface area contributed by atoms with E-state index in [0.29, 0.717) is 32.0 Å². The van der Waals surface area contributed by atoms with Crippen LogP contribution in [0.1, 0.15) is 5.56 Å². The Morgan fingerprint density at radius 3 is 2.33 bits per heavy atom. The maximum absolute atomic E-state index is 12.6. The molecule has 0 spiro atoms. The number of hydrogen-bond acceptors (Lipinski definition) is 4. The second-order valence-electron chi connectivity index (χ2n) is 7.04. The van der Waals surface area contributed by atoms with Crippen LogP contribution in [0.5, 0.6) is 0 Å². The smallest absolute Gasteiger partial charge is 0.234 e. The van der Waals surface area contributed by atoms with Crippen LogP contribution in [0.3, 0.4) is 0 Å². The van der Waals surface area contributed by atoms with Gasteiger partial charge >= 0.3 is 0 Å². The largest absolute Gasteiger partial charge is 0.324 e. The van der Waals surface area contributed by atoms with Gasteiger partial charge < -0.3 is 5.32 Å². The van der Waals surface area contributed by atoms with Gasteiger partial charge in [-0.25, -0.2) is 4.98 Å². The summed E-state index contributed by atoms with van der Waals surface area (Å²) in [4.78, 5) is 17.3. The van der Waals surface area contributed by atoms with E-state index in [1.165, 1.54) is 11.8 Å². The normalized spacial score (nSPS) is 10.5. The number of carbonyl (C=O) groups is 1. The van der Waals surface area contributed by atoms with Gasteiger partial charge in [-0.3, -0.25) is 4.79 Å². The van der Waals surface area contributed by atoms with E-state index in [4.69, 9.17) is 28.2 Å². The minimum absolute atomic E-state index is 0.0746. The van der Waals surface area contributed by atoms with E-state index in [1.807, 2.05) is 48.5 Å². The zero-order valence-electron chi connectivity index (χ0n) is 17.3. The van der Waals surface area contributed by atoms with Gasteiger partial charge in [-0.1, -0.05) is 89.6 Å². The molecule has 0 bridgehead atoms. The molecule has 0 aliphatic heterocycles. The minimum Gasteiger partial charge on any atom is -0.324 e. The van der Waals surface area contributed by atoms with E-state index < -0.39 is 0 Å². The summed E-state index contributed by atoms with van der Waals surface area (Å²) in [6.07, 6.45) is 0. The Hall–Kier alpha value is -3.30. The second-order valence-corrected chi connectivity index (χ2v) is 8.84. The molecular formula is C26H17Cl2N3OS. The highest BCUT2D eigenvalue weighted by Gasteiger charge is 2.17. The number of rotatable bonds is 6. The first-order valence-electron chi connectivity index (χ1n) is 9.99. The molecule has 4 aromatic rings. The van der Waals surface area contributed by atoms with Crippen molar-refractivity contribution in [2.75, 3.05) is 11.1 Å². The van der Waals surface area contributed by atoms with Gasteiger partial charge in [0.25, 0.3) is 0 Å². The molecule has 0 atom stereocenters. The Balaban J connectivity index is 1.69. The molecule has 0 aliphatic rings. The Morgan fingerprint density at radius 1 is 0.939 bits per heavy atom. The van der Waals surface area contributed by atoms with Crippen molar-refractivity contribution < 1.29 is 4.79 Å². The van der Waals surface area contributed by atoms with Gasteiger partial charge in [-0.05, 0) is 35.9 Å². The van der Waals surface area contributed by atoms with Gasteiger partial charge in [0.1, 0.15) is 11.1 Å². The number of pyridine rings is 1. The van der Waals surface area contributed by atoms with Crippen LogP contribution in [0, 0.1) is 11.3 Å². The molecule has 1 heterocycles. The predicted octanol–water partition coefficient (Wildman–Crippen LogP) is 7.32. The fourth-order valence-electron chi connectivity index (χ4n) is 3.23. The van der Waals surface area contributed by atoms with Crippen LogP contribution >= 0.6 is 35.0 Å². The quantitative estimate of drug-likeness (QED) is 0.288. The molecule has 0 aliphatic carbocycles. The lowest BCUT2D eigenvalue weighted by Gasteiger charge is -2.13. The molecule has 0 saturated heterocycles. The molecule has 0 saturated carbocycles. The number of halogens is 2. The molecule has 3 aromatic carbocycles. The lowest BCUT2D eigenvalue weighted by Crippen LogP contribution is -2.14. The van der Waals surface area contributed by atoms with Gasteiger partial charge in [0.2, 0.25) is 5.91 Å². The van der Waals surface area contributed by atoms with Crippen molar-refractivity contribution in [3.05, 3.63) is 101 Å². The topological polar surface area (TPSA) is 65.8 Å². The molecule has 7 heteroatoms. The van der Waals surface area contributed by atoms with Crippen molar-refractivity contribution in [1.29, 1.82) is 5.26 Å². The fourth-order valence-corrected chi connectivity index (χ4v) is 4.34. The number of benzene rings is 3. The van der Waals surface area contributed by atoms with Crippen molar-refractivity contribution >= 4 is 46.6 Å². The summed E-state index contributed by atoms with van der Waals surface area (Å²) in [7, 11) is 0. The lowest BCUT2D eigenvalue weighted by molar-refractivity contribution is -0.113. The van der Waals surface area contributed by atoms with E-state index in [9.17, 15) is 10.1 Å². The van der Waals surface area contributed by atoms with E-state index in [1.54, 1.807) is 36.4 Å². The molecule has 1 aromatic heterocycles. The Bertz CT molecular complexity index is 1340. The second kappa shape index (κ2) is 10.5. The zero-order chi connectivity index (χ0) is 23.2. The molecule has 1 amide bonds. The summed E-state index contributed by atoms with van der Waals surface area (Å²) in [6, 6.07) is 28.2. The zero-order valence-corrected chi connectivity index (χ0v) is 19.6. The molecule has 4 nitrogen and oxygen atoms in total. The molecular weight excluding hydrogens is 473 g/mol. The average molecular weight is 490 g/mol. The fraction of sp³-hybridized carbons (Fsp3) is 0.0385. The number of thioether (sulfide) groups is 1. The summed E-state index contributed by atoms with van der Waals surface area (Å²) < 4.78 is 0. The van der Waals surface area contributed by atoms with E-state index in [2.05, 4.69) is 11.4 Å². The molecule has 0 fully saturated rings. The highest BCUT2D eigenvalue weighted by Crippen LogP contribution is 2.34. The van der Waals surface area contributed by atoms with E-state index in [0.717, 1.165) is 16.7 Å². The van der Waals surface area contributed by atoms with Crippen molar-refractivity contribution in [3.8, 4) is 28.5 Å². The number of nitrogens with one attached hydrogen (secondary N) is 1. The predicted molar refractivity (Wildman–Crippen MR) is 136 cm³/mol. The monoisotopic (exact) mass is 489 g/mol. The number of anilines is 1. The SMILES string of the molecule is N#Cc1c(-c2ccc(Cl)cc2)cc(-c2ccccc2)nc1SCC(=O)Nc1ccccc1Cl. The van der Waals surface area contributed by atoms with Crippen molar-refractivity contribution in [3.63, 3.8) is 0 Å². The van der Waals surface area contributed by atoms with Gasteiger partial charge in [-0.15, -0.1) is 0 Å². The summed E-state index contributed by atoms with van der Waals surface area (Å²) in [5, 5.41) is 14.3. The van der Waals surface area contributed by atoms with Crippen LogP contribution in [0.2, 0.25) is 10.0 Å². The van der Waals surface area contributed by atoms with E-state index >= 15 is 0 Å². The summed E-state index contributed by atoms with van der Waals surface area (Å²) in [5.41, 5.74) is 4.16. The lowest BCUT2D eigenvalue weighted by atomic mass is 9.99. The standard InChI is InChI=1S/C26H17Cl2N3OS/c27-19-12-10-17(11-13-19)20-14-24(18-6-2-1-3-7-18)31-26(21(20)15-29)33-16-25(32)30-23-9-5-4-8-22(23)28/h1-14H,16H2,(H,30,32). The van der Waals surface area contributed by atoms with Gasteiger partial charge in [0.15, 0.2) is 0 Å². The van der Waals surface area contributed by atoms with Crippen LogP contribution in [0.15, 0.2) is 90.0 Å². The van der Waals surface area contributed by atoms with Crippen molar-refractivity contribution in [2.45, 2.75) is 5.03 Å². The maximum Gasteiger partial charge on any atom is 0.234 e.